The fraction of sp³-hybridized carbons (Fsp3) is 0.111. The van der Waals surface area contributed by atoms with Gasteiger partial charge in [0.25, 0.3) is 0 Å². The first kappa shape index (κ1) is 12.0. The largest absolute Gasteiger partial charge is 0.448 e. The van der Waals surface area contributed by atoms with Crippen LogP contribution in [0.5, 0.6) is 0 Å². The van der Waals surface area contributed by atoms with Crippen molar-refractivity contribution in [2.24, 2.45) is 0 Å². The van der Waals surface area contributed by atoms with E-state index in [9.17, 15) is 0 Å². The molecule has 0 aliphatic rings. The molecule has 0 amide bonds. The topological polar surface area (TPSA) is 13.1 Å². The summed E-state index contributed by atoms with van der Waals surface area (Å²) in [7, 11) is 0. The van der Waals surface area contributed by atoms with E-state index < -0.39 is 0 Å². The van der Waals surface area contributed by atoms with Crippen LogP contribution in [0.1, 0.15) is 16.0 Å². The van der Waals surface area contributed by atoms with Crippen LogP contribution in [-0.2, 0) is 0 Å². The van der Waals surface area contributed by atoms with Crippen molar-refractivity contribution in [3.05, 3.63) is 42.3 Å². The Labute approximate surface area is 118 Å². The molecule has 15 heavy (non-hydrogen) atoms. The second kappa shape index (κ2) is 4.80. The molecule has 6 heteroatoms. The van der Waals surface area contributed by atoms with E-state index in [2.05, 4.69) is 31.9 Å². The van der Waals surface area contributed by atoms with Crippen molar-refractivity contribution in [3.8, 4) is 0 Å². The monoisotopic (exact) mass is 388 g/mol. The highest BCUT2D eigenvalue weighted by molar-refractivity contribution is 9.13. The van der Waals surface area contributed by atoms with Gasteiger partial charge < -0.3 is 4.42 Å². The van der Waals surface area contributed by atoms with Gasteiger partial charge in [0.15, 0.2) is 5.22 Å². The maximum atomic E-state index is 6.25. The van der Waals surface area contributed by atoms with E-state index in [0.717, 1.165) is 13.1 Å². The molecule has 0 fully saturated rings. The number of rotatable bonds is 2. The van der Waals surface area contributed by atoms with Crippen molar-refractivity contribution in [1.29, 1.82) is 0 Å². The number of hydrogen-bond acceptors (Lipinski definition) is 2. The van der Waals surface area contributed by atoms with Gasteiger partial charge in [-0.1, -0.05) is 0 Å². The highest BCUT2D eigenvalue weighted by atomic mass is 79.9. The number of thiophene rings is 1. The molecule has 0 saturated carbocycles. The van der Waals surface area contributed by atoms with E-state index in [1.54, 1.807) is 23.5 Å². The molecule has 1 unspecified atom stereocenters. The Hall–Kier alpha value is 0.520. The van der Waals surface area contributed by atoms with Gasteiger partial charge in [0.2, 0.25) is 0 Å². The van der Waals surface area contributed by atoms with Crippen molar-refractivity contribution >= 4 is 66.4 Å². The Kier molecular flexibility index (Phi) is 3.83. The van der Waals surface area contributed by atoms with E-state index in [-0.39, 0.29) is 5.38 Å². The molecule has 80 valence electrons. The molecular weight excluding hydrogens is 387 g/mol. The fourth-order valence-electron chi connectivity index (χ4n) is 1.09. The molecule has 0 radical (unpaired) electrons. The Bertz CT molecular complexity index is 461. The molecule has 0 aliphatic heterocycles. The van der Waals surface area contributed by atoms with E-state index >= 15 is 0 Å². The van der Waals surface area contributed by atoms with Crippen molar-refractivity contribution in [1.82, 2.24) is 0 Å². The van der Waals surface area contributed by atoms with Crippen LogP contribution in [0.15, 0.2) is 30.9 Å². The molecule has 0 aliphatic carbocycles. The van der Waals surface area contributed by atoms with Crippen LogP contribution >= 0.6 is 66.4 Å². The summed E-state index contributed by atoms with van der Waals surface area (Å²) in [5, 5.41) is 0.0513. The van der Waals surface area contributed by atoms with Gasteiger partial charge in [0.1, 0.15) is 11.1 Å². The number of halogens is 4. The summed E-state index contributed by atoms with van der Waals surface area (Å²) in [5.74, 6) is 0.655. The Morgan fingerprint density at radius 1 is 1.33 bits per heavy atom. The molecule has 0 bridgehead atoms. The Morgan fingerprint density at radius 3 is 2.53 bits per heavy atom. The third kappa shape index (κ3) is 2.61. The quantitative estimate of drug-likeness (QED) is 0.586. The predicted molar refractivity (Wildman–Crippen MR) is 71.1 cm³/mol. The summed E-state index contributed by atoms with van der Waals surface area (Å²) in [6, 6.07) is 5.42. The highest BCUT2D eigenvalue weighted by Gasteiger charge is 2.18. The first-order chi connectivity index (χ1) is 7.08. The smallest absolute Gasteiger partial charge is 0.193 e. The average Bonchev–Trinajstić information content (AvgIpc) is 2.74. The zero-order valence-corrected chi connectivity index (χ0v) is 12.6. The van der Waals surface area contributed by atoms with Gasteiger partial charge in [0.05, 0.1) is 3.79 Å². The molecule has 2 aromatic heterocycles. The SMILES string of the molecule is Clc1ccc(C(Cl)c2cc(Br)c(Br)s2)o1. The van der Waals surface area contributed by atoms with Crippen LogP contribution in [0.4, 0.5) is 0 Å². The lowest BCUT2D eigenvalue weighted by Crippen LogP contribution is -1.85. The van der Waals surface area contributed by atoms with Crippen molar-refractivity contribution in [2.75, 3.05) is 0 Å². The first-order valence-electron chi connectivity index (χ1n) is 3.92. The molecule has 0 spiro atoms. The van der Waals surface area contributed by atoms with E-state index in [1.165, 1.54) is 0 Å². The van der Waals surface area contributed by atoms with Gasteiger partial charge in [-0.25, -0.2) is 0 Å². The fourth-order valence-corrected chi connectivity index (χ4v) is 3.63. The maximum absolute atomic E-state index is 6.25. The summed E-state index contributed by atoms with van der Waals surface area (Å²) >= 11 is 20.3. The van der Waals surface area contributed by atoms with Gasteiger partial charge in [-0.15, -0.1) is 22.9 Å². The lowest BCUT2D eigenvalue weighted by Gasteiger charge is -2.01. The molecule has 2 heterocycles. The molecular formula is C9H4Br2Cl2OS. The Morgan fingerprint density at radius 2 is 2.07 bits per heavy atom. The summed E-state index contributed by atoms with van der Waals surface area (Å²) in [6.45, 7) is 0. The lowest BCUT2D eigenvalue weighted by molar-refractivity contribution is 0.519. The van der Waals surface area contributed by atoms with Gasteiger partial charge in [-0.2, -0.15) is 0 Å². The van der Waals surface area contributed by atoms with Crippen LogP contribution in [-0.4, -0.2) is 0 Å². The molecule has 2 rings (SSSR count). The summed E-state index contributed by atoms with van der Waals surface area (Å²) in [5.41, 5.74) is 0. The standard InChI is InChI=1S/C9H4Br2Cl2OS/c10-4-3-6(15-9(4)11)8(13)5-1-2-7(12)14-5/h1-3,8H. The average molecular weight is 391 g/mol. The molecule has 2 aromatic rings. The molecule has 1 atom stereocenters. The molecule has 0 saturated heterocycles. The molecule has 1 nitrogen and oxygen atoms in total. The first-order valence-corrected chi connectivity index (χ1v) is 7.13. The minimum Gasteiger partial charge on any atom is -0.448 e. The minimum atomic E-state index is -0.301. The normalized spacial score (nSPS) is 13.1. The number of hydrogen-bond donors (Lipinski definition) is 0. The number of alkyl halides is 1. The summed E-state index contributed by atoms with van der Waals surface area (Å²) < 4.78 is 7.26. The zero-order chi connectivity index (χ0) is 11.0. The minimum absolute atomic E-state index is 0.301. The molecule has 0 N–H and O–H groups in total. The Balaban J connectivity index is 2.31. The van der Waals surface area contributed by atoms with Crippen molar-refractivity contribution in [2.45, 2.75) is 5.38 Å². The number of furan rings is 1. The van der Waals surface area contributed by atoms with E-state index in [1.807, 2.05) is 6.07 Å². The second-order valence-corrected chi connectivity index (χ2v) is 6.84. The van der Waals surface area contributed by atoms with Gasteiger partial charge >= 0.3 is 0 Å². The molecule has 0 aromatic carbocycles. The van der Waals surface area contributed by atoms with E-state index in [4.69, 9.17) is 27.6 Å². The van der Waals surface area contributed by atoms with Crippen LogP contribution in [0.3, 0.4) is 0 Å². The maximum Gasteiger partial charge on any atom is 0.193 e. The summed E-state index contributed by atoms with van der Waals surface area (Å²) in [6.07, 6.45) is 0. The summed E-state index contributed by atoms with van der Waals surface area (Å²) in [4.78, 5) is 1.00. The van der Waals surface area contributed by atoms with Crippen molar-refractivity contribution < 1.29 is 4.42 Å². The van der Waals surface area contributed by atoms with Crippen LogP contribution in [0.2, 0.25) is 5.22 Å². The van der Waals surface area contributed by atoms with Crippen molar-refractivity contribution in [3.63, 3.8) is 0 Å². The third-order valence-corrected chi connectivity index (χ3v) is 5.86. The van der Waals surface area contributed by atoms with E-state index in [0.29, 0.717) is 11.0 Å². The van der Waals surface area contributed by atoms with Gasteiger partial charge in [0, 0.05) is 9.35 Å². The van der Waals surface area contributed by atoms with Gasteiger partial charge in [-0.05, 0) is 61.7 Å². The predicted octanol–water partition coefficient (Wildman–Crippen LogP) is 5.85. The van der Waals surface area contributed by atoms with Crippen LogP contribution < -0.4 is 0 Å². The van der Waals surface area contributed by atoms with Crippen LogP contribution in [0, 0.1) is 0 Å². The third-order valence-electron chi connectivity index (χ3n) is 1.76. The second-order valence-electron chi connectivity index (χ2n) is 2.77. The van der Waals surface area contributed by atoms with Crippen LogP contribution in [0.25, 0.3) is 0 Å². The van der Waals surface area contributed by atoms with Gasteiger partial charge in [-0.3, -0.25) is 0 Å². The highest BCUT2D eigenvalue weighted by Crippen LogP contribution is 2.41. The lowest BCUT2D eigenvalue weighted by atomic mass is 10.3. The zero-order valence-electron chi connectivity index (χ0n) is 7.14.